The predicted octanol–water partition coefficient (Wildman–Crippen LogP) is 8.02. The molecule has 1 rings (SSSR count). The van der Waals surface area contributed by atoms with Crippen LogP contribution in [-0.2, 0) is 20.4 Å². The van der Waals surface area contributed by atoms with Gasteiger partial charge in [0.2, 0.25) is 8.32 Å². The van der Waals surface area contributed by atoms with Crippen LogP contribution in [-0.4, -0.2) is 26.0 Å². The van der Waals surface area contributed by atoms with E-state index in [0.29, 0.717) is 16.6 Å². The van der Waals surface area contributed by atoms with Gasteiger partial charge in [-0.25, -0.2) is 4.79 Å². The van der Waals surface area contributed by atoms with Gasteiger partial charge in [0.25, 0.3) is 0 Å². The van der Waals surface area contributed by atoms with E-state index in [1.54, 1.807) is 6.08 Å². The summed E-state index contributed by atoms with van der Waals surface area (Å²) in [7, 11) is -1.97. The van der Waals surface area contributed by atoms with Gasteiger partial charge < -0.3 is 9.16 Å². The summed E-state index contributed by atoms with van der Waals surface area (Å²) in [6.45, 7) is 19.6. The molecule has 0 saturated carbocycles. The van der Waals surface area contributed by atoms with Crippen molar-refractivity contribution in [3.63, 3.8) is 0 Å². The van der Waals surface area contributed by atoms with Crippen molar-refractivity contribution in [3.05, 3.63) is 60.2 Å². The third kappa shape index (κ3) is 9.46. The summed E-state index contributed by atoms with van der Waals surface area (Å²) in [6.07, 6.45) is 10.3. The van der Waals surface area contributed by atoms with Gasteiger partial charge >= 0.3 is 5.97 Å². The minimum atomic E-state index is -1.97. The summed E-state index contributed by atoms with van der Waals surface area (Å²) in [5, 5.41) is 0. The first kappa shape index (κ1) is 28.4. The van der Waals surface area contributed by atoms with E-state index in [9.17, 15) is 4.79 Å². The van der Waals surface area contributed by atoms with Gasteiger partial charge in [-0.3, -0.25) is 0 Å². The number of rotatable bonds is 12. The lowest BCUT2D eigenvalue weighted by atomic mass is 10.1. The van der Waals surface area contributed by atoms with Gasteiger partial charge in [-0.2, -0.15) is 0 Å². The van der Waals surface area contributed by atoms with E-state index in [1.807, 2.05) is 26.8 Å². The molecule has 0 amide bonds. The van der Waals surface area contributed by atoms with Gasteiger partial charge in [0, 0.05) is 12.2 Å². The summed E-state index contributed by atoms with van der Waals surface area (Å²) in [5.74, 6) is -0.315. The topological polar surface area (TPSA) is 35.5 Å². The first-order valence-electron chi connectivity index (χ1n) is 12.2. The van der Waals surface area contributed by atoms with Crippen molar-refractivity contribution in [1.29, 1.82) is 0 Å². The standard InChI is InChI=1S/C28H46O3Si/c1-22(2)32(23(3)4,24(5)6)31-26(21-20-25-16-12-10-13-17-25)18-14-11-15-19-27(29)30-28(7,8)9/h10-17,19,22-24,26H,18,20-21H2,1-9H3/b14-11+,19-15+. The van der Waals surface area contributed by atoms with Crippen LogP contribution in [0.15, 0.2) is 54.6 Å². The Labute approximate surface area is 198 Å². The van der Waals surface area contributed by atoms with E-state index in [1.165, 1.54) is 11.6 Å². The quantitative estimate of drug-likeness (QED) is 0.138. The van der Waals surface area contributed by atoms with Crippen LogP contribution in [0.3, 0.4) is 0 Å². The third-order valence-electron chi connectivity index (χ3n) is 5.96. The van der Waals surface area contributed by atoms with Crippen molar-refractivity contribution >= 4 is 14.3 Å². The number of allylic oxidation sites excluding steroid dienone is 2. The Balaban J connectivity index is 2.93. The highest BCUT2D eigenvalue weighted by Crippen LogP contribution is 2.43. The second kappa shape index (κ2) is 13.2. The van der Waals surface area contributed by atoms with Crippen molar-refractivity contribution in [2.75, 3.05) is 0 Å². The van der Waals surface area contributed by atoms with Crippen molar-refractivity contribution in [3.8, 4) is 0 Å². The van der Waals surface area contributed by atoms with Crippen LogP contribution in [0.1, 0.15) is 80.7 Å². The Morgan fingerprint density at radius 1 is 0.938 bits per heavy atom. The molecule has 32 heavy (non-hydrogen) atoms. The van der Waals surface area contributed by atoms with Gasteiger partial charge in [-0.15, -0.1) is 0 Å². The van der Waals surface area contributed by atoms with E-state index in [2.05, 4.69) is 78.0 Å². The Kier molecular flexibility index (Phi) is 11.7. The molecule has 4 heteroatoms. The van der Waals surface area contributed by atoms with Crippen LogP contribution in [0.5, 0.6) is 0 Å². The van der Waals surface area contributed by atoms with Crippen molar-refractivity contribution in [2.45, 2.75) is 110 Å². The van der Waals surface area contributed by atoms with Crippen molar-refractivity contribution in [1.82, 2.24) is 0 Å². The Hall–Kier alpha value is -1.65. The maximum Gasteiger partial charge on any atom is 0.331 e. The zero-order valence-electron chi connectivity index (χ0n) is 21.9. The molecule has 0 spiro atoms. The number of carbonyl (C=O) groups is 1. The number of hydrogen-bond acceptors (Lipinski definition) is 3. The van der Waals surface area contributed by atoms with Gasteiger partial charge in [0.05, 0.1) is 0 Å². The minimum absolute atomic E-state index is 0.167. The van der Waals surface area contributed by atoms with Crippen LogP contribution in [0.4, 0.5) is 0 Å². The molecule has 1 aromatic carbocycles. The summed E-state index contributed by atoms with van der Waals surface area (Å²) in [6, 6.07) is 10.6. The summed E-state index contributed by atoms with van der Waals surface area (Å²) in [4.78, 5) is 11.9. The van der Waals surface area contributed by atoms with Gasteiger partial charge in [0.15, 0.2) is 0 Å². The van der Waals surface area contributed by atoms with E-state index in [-0.39, 0.29) is 12.1 Å². The monoisotopic (exact) mass is 458 g/mol. The van der Waals surface area contributed by atoms with E-state index >= 15 is 0 Å². The van der Waals surface area contributed by atoms with Crippen LogP contribution in [0.2, 0.25) is 16.6 Å². The molecule has 0 radical (unpaired) electrons. The zero-order chi connectivity index (χ0) is 24.4. The van der Waals surface area contributed by atoms with Crippen molar-refractivity contribution < 1.29 is 14.0 Å². The number of esters is 1. The maximum atomic E-state index is 11.9. The number of carbonyl (C=O) groups excluding carboxylic acids is 1. The fourth-order valence-electron chi connectivity index (χ4n) is 4.67. The van der Waals surface area contributed by atoms with E-state index in [4.69, 9.17) is 9.16 Å². The lowest BCUT2D eigenvalue weighted by molar-refractivity contribution is -0.148. The molecule has 0 aliphatic heterocycles. The second-order valence-electron chi connectivity index (χ2n) is 10.6. The van der Waals surface area contributed by atoms with Gasteiger partial charge in [0.1, 0.15) is 5.60 Å². The van der Waals surface area contributed by atoms with Crippen LogP contribution >= 0.6 is 0 Å². The lowest BCUT2D eigenvalue weighted by Crippen LogP contribution is -2.50. The molecule has 180 valence electrons. The van der Waals surface area contributed by atoms with Crippen LogP contribution in [0.25, 0.3) is 0 Å². The van der Waals surface area contributed by atoms with Gasteiger partial charge in [-0.05, 0) is 62.2 Å². The molecule has 3 nitrogen and oxygen atoms in total. The number of aryl methyl sites for hydroxylation is 1. The molecule has 1 aromatic rings. The molecule has 0 aliphatic rings. The smallest absolute Gasteiger partial charge is 0.331 e. The Morgan fingerprint density at radius 2 is 1.50 bits per heavy atom. The molecule has 0 saturated heterocycles. The minimum Gasteiger partial charge on any atom is -0.457 e. The number of benzene rings is 1. The summed E-state index contributed by atoms with van der Waals surface area (Å²) in [5.41, 5.74) is 2.54. The molecular formula is C28H46O3Si. The molecule has 0 fully saturated rings. The molecule has 0 heterocycles. The normalized spacial score (nSPS) is 14.2. The third-order valence-corrected chi connectivity index (χ3v) is 12.1. The summed E-state index contributed by atoms with van der Waals surface area (Å²) >= 11 is 0. The molecular weight excluding hydrogens is 412 g/mol. The Morgan fingerprint density at radius 3 is 2.00 bits per heavy atom. The SMILES string of the molecule is CC(C)[Si](OC(C/C=C/C=C/C(=O)OC(C)(C)C)CCc1ccccc1)(C(C)C)C(C)C. The fraction of sp³-hybridized carbons (Fsp3) is 0.607. The highest BCUT2D eigenvalue weighted by atomic mass is 28.4. The van der Waals surface area contributed by atoms with E-state index in [0.717, 1.165) is 19.3 Å². The number of hydrogen-bond donors (Lipinski definition) is 0. The molecule has 0 aliphatic carbocycles. The average Bonchev–Trinajstić information content (AvgIpc) is 2.67. The fourth-order valence-corrected chi connectivity index (χ4v) is 10.3. The molecule has 1 unspecified atom stereocenters. The predicted molar refractivity (Wildman–Crippen MR) is 139 cm³/mol. The molecule has 0 N–H and O–H groups in total. The second-order valence-corrected chi connectivity index (χ2v) is 16.0. The first-order valence-corrected chi connectivity index (χ1v) is 14.3. The largest absolute Gasteiger partial charge is 0.457 e. The highest BCUT2D eigenvalue weighted by Gasteiger charge is 2.46. The maximum absolute atomic E-state index is 11.9. The molecule has 0 aromatic heterocycles. The van der Waals surface area contributed by atoms with Crippen LogP contribution in [0, 0.1) is 0 Å². The van der Waals surface area contributed by atoms with Gasteiger partial charge in [-0.1, -0.05) is 90.1 Å². The Bertz CT molecular complexity index is 705. The average molecular weight is 459 g/mol. The lowest BCUT2D eigenvalue weighted by Gasteiger charge is -2.44. The first-order chi connectivity index (χ1) is 14.9. The zero-order valence-corrected chi connectivity index (χ0v) is 22.9. The molecule has 1 atom stereocenters. The summed E-state index contributed by atoms with van der Waals surface area (Å²) < 4.78 is 12.4. The highest BCUT2D eigenvalue weighted by molar-refractivity contribution is 6.77. The van der Waals surface area contributed by atoms with Crippen LogP contribution < -0.4 is 0 Å². The van der Waals surface area contributed by atoms with Crippen molar-refractivity contribution in [2.24, 2.45) is 0 Å². The van der Waals surface area contributed by atoms with E-state index < -0.39 is 13.9 Å². The number of ether oxygens (including phenoxy) is 1. The molecule has 0 bridgehead atoms.